The molecular weight excluding hydrogens is 568 g/mol. The third-order valence-electron chi connectivity index (χ3n) is 7.67. The van der Waals surface area contributed by atoms with E-state index < -0.39 is 30.1 Å². The molecule has 3 aromatic carbocycles. The van der Waals surface area contributed by atoms with E-state index in [1.807, 2.05) is 59.3 Å². The second-order valence-electron chi connectivity index (χ2n) is 10.6. The van der Waals surface area contributed by atoms with Gasteiger partial charge in [-0.05, 0) is 48.7 Å². The molecule has 0 bridgehead atoms. The highest BCUT2D eigenvalue weighted by Crippen LogP contribution is 2.49. The van der Waals surface area contributed by atoms with Crippen LogP contribution in [-0.4, -0.2) is 61.2 Å². The van der Waals surface area contributed by atoms with Crippen molar-refractivity contribution in [2.45, 2.75) is 43.2 Å². The summed E-state index contributed by atoms with van der Waals surface area (Å²) in [6.45, 7) is 2.11. The molecule has 1 fully saturated rings. The Kier molecular flexibility index (Phi) is 7.22. The second-order valence-corrected chi connectivity index (χ2v) is 11.6. The van der Waals surface area contributed by atoms with Crippen LogP contribution in [0.25, 0.3) is 17.1 Å². The first-order chi connectivity index (χ1) is 20.1. The van der Waals surface area contributed by atoms with Gasteiger partial charge in [0.25, 0.3) is 6.43 Å². The van der Waals surface area contributed by atoms with Crippen molar-refractivity contribution in [1.82, 2.24) is 19.8 Å². The number of anilines is 1. The molecule has 4 aromatic rings. The largest absolute Gasteiger partial charge is 0.370 e. The Morgan fingerprint density at radius 1 is 1.12 bits per heavy atom. The summed E-state index contributed by atoms with van der Waals surface area (Å²) in [6, 6.07) is 20.6. The van der Waals surface area contributed by atoms with Gasteiger partial charge in [-0.3, -0.25) is 5.01 Å². The van der Waals surface area contributed by atoms with Crippen LogP contribution in [0.15, 0.2) is 84.2 Å². The summed E-state index contributed by atoms with van der Waals surface area (Å²) < 4.78 is 54.8. The number of hydrogen-bond donors (Lipinski definition) is 1. The topological polar surface area (TPSA) is 69.8 Å². The van der Waals surface area contributed by atoms with Crippen LogP contribution in [0.4, 0.5) is 23.2 Å². The number of alkyl halides is 4. The summed E-state index contributed by atoms with van der Waals surface area (Å²) >= 11 is 1.65. The fraction of sp³-hybridized carbons (Fsp3) is 0.300. The molecule has 7 nitrogen and oxygen atoms in total. The molecule has 42 heavy (non-hydrogen) atoms. The number of para-hydroxylation sites is 1. The van der Waals surface area contributed by atoms with E-state index in [2.05, 4.69) is 23.1 Å². The van der Waals surface area contributed by atoms with Gasteiger partial charge in [0.2, 0.25) is 5.67 Å². The quantitative estimate of drug-likeness (QED) is 0.200. The van der Waals surface area contributed by atoms with Gasteiger partial charge in [-0.25, -0.2) is 27.2 Å². The molecule has 1 saturated heterocycles. The molecule has 0 amide bonds. The molecule has 0 saturated carbocycles. The number of benzene rings is 3. The monoisotopic (exact) mass is 596 g/mol. The fourth-order valence-electron chi connectivity index (χ4n) is 5.26. The summed E-state index contributed by atoms with van der Waals surface area (Å²) in [4.78, 5) is 6.36. The number of nitrogens with zero attached hydrogens (tertiary/aromatic N) is 6. The molecule has 0 aliphatic carbocycles. The minimum Gasteiger partial charge on any atom is -0.370 e. The molecule has 3 heterocycles. The number of aromatic nitrogens is 3. The van der Waals surface area contributed by atoms with Crippen molar-refractivity contribution in [3.8, 4) is 17.1 Å². The lowest BCUT2D eigenvalue weighted by atomic mass is 9.97. The van der Waals surface area contributed by atoms with E-state index in [0.29, 0.717) is 17.3 Å². The molecule has 0 spiro atoms. The van der Waals surface area contributed by atoms with Crippen molar-refractivity contribution >= 4 is 23.7 Å². The van der Waals surface area contributed by atoms with Gasteiger partial charge in [-0.2, -0.15) is 5.10 Å². The van der Waals surface area contributed by atoms with E-state index >= 15 is 0 Å². The zero-order valence-electron chi connectivity index (χ0n) is 22.8. The Balaban J connectivity index is 1.18. The summed E-state index contributed by atoms with van der Waals surface area (Å²) in [6.07, 6.45) is -0.234. The van der Waals surface area contributed by atoms with Crippen LogP contribution in [0.3, 0.4) is 0 Å². The Morgan fingerprint density at radius 3 is 2.52 bits per heavy atom. The van der Waals surface area contributed by atoms with Gasteiger partial charge in [-0.1, -0.05) is 54.6 Å². The van der Waals surface area contributed by atoms with E-state index in [1.165, 1.54) is 23.1 Å². The van der Waals surface area contributed by atoms with Gasteiger partial charge < -0.3 is 10.0 Å². The van der Waals surface area contributed by atoms with Crippen molar-refractivity contribution in [2.24, 2.45) is 5.10 Å². The lowest BCUT2D eigenvalue weighted by Gasteiger charge is -2.47. The molecule has 218 valence electrons. The van der Waals surface area contributed by atoms with Crippen LogP contribution < -0.4 is 4.90 Å². The van der Waals surface area contributed by atoms with Crippen molar-refractivity contribution in [1.29, 1.82) is 0 Å². The molecule has 2 aliphatic heterocycles. The Labute approximate surface area is 244 Å². The van der Waals surface area contributed by atoms with Crippen LogP contribution in [0.1, 0.15) is 36.6 Å². The maximum atomic E-state index is 14.3. The number of hydrogen-bond acceptors (Lipinski definition) is 7. The molecule has 1 aromatic heterocycles. The zero-order chi connectivity index (χ0) is 29.6. The standard InChI is InChI=1S/C30H28F4N6OS/c1-19-24-5-3-4-6-25(24)39-28(42-17-29(39,2)41)40(19)36-15-20-7-9-21(10-8-20)26-35-18-38(37-26)23-13-11-22(12-14-23)30(34,16-31)27(32)33/h3-15,18-19,27-28,41H,16-17H2,1-2H3/b36-15+. The van der Waals surface area contributed by atoms with Crippen molar-refractivity contribution in [3.63, 3.8) is 0 Å². The Morgan fingerprint density at radius 2 is 1.83 bits per heavy atom. The van der Waals surface area contributed by atoms with E-state index in [4.69, 9.17) is 5.10 Å². The van der Waals surface area contributed by atoms with E-state index in [0.717, 1.165) is 34.5 Å². The van der Waals surface area contributed by atoms with Gasteiger partial charge in [0.05, 0.1) is 17.9 Å². The summed E-state index contributed by atoms with van der Waals surface area (Å²) in [5.74, 6) is 0.993. The van der Waals surface area contributed by atoms with Gasteiger partial charge in [-0.15, -0.1) is 16.9 Å². The van der Waals surface area contributed by atoms with E-state index in [-0.39, 0.29) is 11.5 Å². The third-order valence-corrected chi connectivity index (χ3v) is 9.11. The second kappa shape index (κ2) is 10.7. The molecule has 4 unspecified atom stereocenters. The first-order valence-corrected chi connectivity index (χ1v) is 14.4. The lowest BCUT2D eigenvalue weighted by molar-refractivity contribution is -0.0535. The summed E-state index contributed by atoms with van der Waals surface area (Å²) in [7, 11) is 0. The van der Waals surface area contributed by atoms with Crippen LogP contribution in [0.2, 0.25) is 0 Å². The number of fused-ring (bicyclic) bond motifs is 3. The molecule has 2 aliphatic rings. The summed E-state index contributed by atoms with van der Waals surface area (Å²) in [5.41, 5.74) is -0.720. The first-order valence-electron chi connectivity index (χ1n) is 13.3. The Hall–Kier alpha value is -3.90. The van der Waals surface area contributed by atoms with E-state index in [9.17, 15) is 22.7 Å². The highest BCUT2D eigenvalue weighted by atomic mass is 32.2. The van der Waals surface area contributed by atoms with E-state index in [1.54, 1.807) is 18.0 Å². The molecule has 1 N–H and O–H groups in total. The third kappa shape index (κ3) is 4.82. The molecule has 12 heteroatoms. The van der Waals surface area contributed by atoms with Gasteiger partial charge in [0, 0.05) is 17.0 Å². The van der Waals surface area contributed by atoms with Crippen LogP contribution in [0.5, 0.6) is 0 Å². The summed E-state index contributed by atoms with van der Waals surface area (Å²) in [5, 5.41) is 22.4. The number of halogens is 4. The zero-order valence-corrected chi connectivity index (χ0v) is 23.6. The molecule has 6 rings (SSSR count). The van der Waals surface area contributed by atoms with Gasteiger partial charge in [0.15, 0.2) is 11.3 Å². The predicted octanol–water partition coefficient (Wildman–Crippen LogP) is 6.29. The Bertz CT molecular complexity index is 1600. The minimum absolute atomic E-state index is 0.00951. The van der Waals surface area contributed by atoms with Crippen LogP contribution in [0, 0.1) is 0 Å². The fourth-order valence-corrected chi connectivity index (χ4v) is 6.75. The van der Waals surface area contributed by atoms with Crippen molar-refractivity contribution in [3.05, 3.63) is 95.8 Å². The molecular formula is C30H28F4N6OS. The number of thioether (sulfide) groups is 1. The predicted molar refractivity (Wildman–Crippen MR) is 155 cm³/mol. The van der Waals surface area contributed by atoms with Crippen LogP contribution in [-0.2, 0) is 5.67 Å². The van der Waals surface area contributed by atoms with Gasteiger partial charge >= 0.3 is 0 Å². The van der Waals surface area contributed by atoms with Crippen molar-refractivity contribution in [2.75, 3.05) is 17.3 Å². The lowest BCUT2D eigenvalue weighted by Crippen LogP contribution is -2.54. The van der Waals surface area contributed by atoms with Crippen molar-refractivity contribution < 1.29 is 22.7 Å². The first kappa shape index (κ1) is 28.2. The average molecular weight is 597 g/mol. The number of aliphatic hydroxyl groups is 1. The number of hydrazone groups is 1. The van der Waals surface area contributed by atoms with Crippen LogP contribution >= 0.6 is 11.8 Å². The normalized spacial score (nSPS) is 23.3. The minimum atomic E-state index is -3.48. The SMILES string of the molecule is CC1c2ccccc2N2C(SCC2(C)O)N1/N=C/c1ccc(-c2ncn(-c3ccc(C(F)(CF)C(F)F)cc3)n2)cc1. The highest BCUT2D eigenvalue weighted by molar-refractivity contribution is 8.00. The number of rotatable bonds is 7. The van der Waals surface area contributed by atoms with Gasteiger partial charge in [0.1, 0.15) is 18.7 Å². The highest BCUT2D eigenvalue weighted by Gasteiger charge is 2.50. The molecule has 0 radical (unpaired) electrons. The molecule has 4 atom stereocenters. The smallest absolute Gasteiger partial charge is 0.278 e. The maximum absolute atomic E-state index is 14.3. The average Bonchev–Trinajstić information content (AvgIpc) is 3.62. The maximum Gasteiger partial charge on any atom is 0.278 e.